The standard InChI is InChI=1S/C17H21N5OS/c1-11(24-17-19-20-21-22(17)13-9-10-13)16(23)18-15-8-4-6-12-5-2-3-7-14(12)15/h2-3,5,7,11,13,15H,4,6,8-10H2,1H3,(H,18,23). The highest BCUT2D eigenvalue weighted by Crippen LogP contribution is 2.37. The fourth-order valence-electron chi connectivity index (χ4n) is 3.22. The number of thioether (sulfide) groups is 1. The number of aromatic nitrogens is 4. The smallest absolute Gasteiger partial charge is 0.233 e. The van der Waals surface area contributed by atoms with Crippen molar-refractivity contribution in [1.29, 1.82) is 0 Å². The van der Waals surface area contributed by atoms with Crippen LogP contribution < -0.4 is 5.32 Å². The summed E-state index contributed by atoms with van der Waals surface area (Å²) in [5.74, 6) is 0.0482. The first kappa shape index (κ1) is 15.6. The first-order valence-electron chi connectivity index (χ1n) is 8.55. The van der Waals surface area contributed by atoms with Crippen molar-refractivity contribution in [3.05, 3.63) is 35.4 Å². The Balaban J connectivity index is 1.42. The maximum atomic E-state index is 12.6. The van der Waals surface area contributed by atoms with Crippen molar-refractivity contribution < 1.29 is 4.79 Å². The molecule has 2 aliphatic carbocycles. The zero-order chi connectivity index (χ0) is 16.5. The normalized spacial score (nSPS) is 21.1. The lowest BCUT2D eigenvalue weighted by Crippen LogP contribution is -2.36. The first-order chi connectivity index (χ1) is 11.7. The molecule has 1 aromatic carbocycles. The van der Waals surface area contributed by atoms with Crippen LogP contribution in [-0.4, -0.2) is 31.4 Å². The van der Waals surface area contributed by atoms with Crippen molar-refractivity contribution in [2.24, 2.45) is 0 Å². The number of carbonyl (C=O) groups is 1. The minimum Gasteiger partial charge on any atom is -0.348 e. The Labute approximate surface area is 145 Å². The molecule has 0 aliphatic heterocycles. The molecule has 6 nitrogen and oxygen atoms in total. The Morgan fingerprint density at radius 3 is 3.00 bits per heavy atom. The van der Waals surface area contributed by atoms with Gasteiger partial charge in [0.2, 0.25) is 11.1 Å². The number of fused-ring (bicyclic) bond motifs is 1. The van der Waals surface area contributed by atoms with E-state index in [4.69, 9.17) is 0 Å². The third-order valence-electron chi connectivity index (χ3n) is 4.69. The van der Waals surface area contributed by atoms with Crippen LogP contribution in [0.2, 0.25) is 0 Å². The van der Waals surface area contributed by atoms with Gasteiger partial charge in [-0.05, 0) is 60.6 Å². The zero-order valence-corrected chi connectivity index (χ0v) is 14.5. The van der Waals surface area contributed by atoms with E-state index >= 15 is 0 Å². The lowest BCUT2D eigenvalue weighted by molar-refractivity contribution is -0.121. The van der Waals surface area contributed by atoms with E-state index in [0.29, 0.717) is 6.04 Å². The molecular formula is C17H21N5OS. The number of carbonyl (C=O) groups excluding carboxylic acids is 1. The van der Waals surface area contributed by atoms with Gasteiger partial charge in [0.1, 0.15) is 0 Å². The number of benzene rings is 1. The lowest BCUT2D eigenvalue weighted by Gasteiger charge is -2.27. The summed E-state index contributed by atoms with van der Waals surface area (Å²) >= 11 is 1.44. The minimum absolute atomic E-state index is 0.0482. The monoisotopic (exact) mass is 343 g/mol. The number of hydrogen-bond donors (Lipinski definition) is 1. The molecule has 2 aromatic rings. The Bertz CT molecular complexity index is 742. The number of amides is 1. The molecule has 0 spiro atoms. The van der Waals surface area contributed by atoms with Crippen LogP contribution in [0.15, 0.2) is 29.4 Å². The molecule has 2 unspecified atom stereocenters. The van der Waals surface area contributed by atoms with Crippen LogP contribution in [0.25, 0.3) is 0 Å². The van der Waals surface area contributed by atoms with Crippen molar-refractivity contribution in [1.82, 2.24) is 25.5 Å². The van der Waals surface area contributed by atoms with Crippen molar-refractivity contribution in [3.63, 3.8) is 0 Å². The second-order valence-electron chi connectivity index (χ2n) is 6.55. The molecule has 1 fully saturated rings. The number of nitrogens with one attached hydrogen (secondary N) is 1. The Morgan fingerprint density at radius 1 is 1.33 bits per heavy atom. The summed E-state index contributed by atoms with van der Waals surface area (Å²) < 4.78 is 1.85. The van der Waals surface area contributed by atoms with Gasteiger partial charge in [0.25, 0.3) is 0 Å². The third kappa shape index (κ3) is 3.17. The molecule has 1 aromatic heterocycles. The van der Waals surface area contributed by atoms with Crippen molar-refractivity contribution >= 4 is 17.7 Å². The van der Waals surface area contributed by atoms with Gasteiger partial charge in [-0.25, -0.2) is 4.68 Å². The van der Waals surface area contributed by atoms with Crippen molar-refractivity contribution in [2.45, 2.75) is 61.5 Å². The van der Waals surface area contributed by atoms with Gasteiger partial charge in [0.15, 0.2) is 0 Å². The van der Waals surface area contributed by atoms with Gasteiger partial charge in [-0.2, -0.15) is 0 Å². The van der Waals surface area contributed by atoms with Gasteiger partial charge in [0, 0.05) is 0 Å². The number of nitrogens with zero attached hydrogens (tertiary/aromatic N) is 4. The summed E-state index contributed by atoms with van der Waals surface area (Å²) in [5, 5.41) is 15.6. The second kappa shape index (κ2) is 6.55. The zero-order valence-electron chi connectivity index (χ0n) is 13.7. The van der Waals surface area contributed by atoms with E-state index in [0.717, 1.165) is 37.3 Å². The highest BCUT2D eigenvalue weighted by molar-refractivity contribution is 8.00. The number of aryl methyl sites for hydroxylation is 1. The van der Waals surface area contributed by atoms with Gasteiger partial charge < -0.3 is 5.32 Å². The molecule has 1 saturated carbocycles. The summed E-state index contributed by atoms with van der Waals surface area (Å²) in [5.41, 5.74) is 2.61. The van der Waals surface area contributed by atoms with Crippen LogP contribution in [0, 0.1) is 0 Å². The van der Waals surface area contributed by atoms with Crippen molar-refractivity contribution in [2.75, 3.05) is 0 Å². The average Bonchev–Trinajstić information content (AvgIpc) is 3.34. The summed E-state index contributed by atoms with van der Waals surface area (Å²) in [4.78, 5) is 12.6. The molecule has 2 aliphatic rings. The van der Waals surface area contributed by atoms with Gasteiger partial charge in [-0.3, -0.25) is 4.79 Å². The predicted molar refractivity (Wildman–Crippen MR) is 91.7 cm³/mol. The van der Waals surface area contributed by atoms with E-state index in [1.54, 1.807) is 0 Å². The molecule has 0 bridgehead atoms. The van der Waals surface area contributed by atoms with Crippen LogP contribution in [0.1, 0.15) is 55.8 Å². The quantitative estimate of drug-likeness (QED) is 0.845. The molecule has 0 radical (unpaired) electrons. The molecule has 126 valence electrons. The average molecular weight is 343 g/mol. The molecule has 1 N–H and O–H groups in total. The molecule has 4 rings (SSSR count). The Kier molecular flexibility index (Phi) is 4.26. The topological polar surface area (TPSA) is 72.7 Å². The Morgan fingerprint density at radius 2 is 2.17 bits per heavy atom. The van der Waals surface area contributed by atoms with E-state index in [-0.39, 0.29) is 17.2 Å². The van der Waals surface area contributed by atoms with E-state index in [2.05, 4.69) is 39.0 Å². The molecule has 7 heteroatoms. The van der Waals surface area contributed by atoms with Crippen LogP contribution in [-0.2, 0) is 11.2 Å². The van der Waals surface area contributed by atoms with Crippen LogP contribution in [0.5, 0.6) is 0 Å². The number of tetrazole rings is 1. The van der Waals surface area contributed by atoms with Gasteiger partial charge in [0.05, 0.1) is 17.3 Å². The van der Waals surface area contributed by atoms with Crippen LogP contribution >= 0.6 is 11.8 Å². The molecule has 1 heterocycles. The molecule has 24 heavy (non-hydrogen) atoms. The van der Waals surface area contributed by atoms with E-state index in [9.17, 15) is 4.79 Å². The molecule has 2 atom stereocenters. The van der Waals surface area contributed by atoms with Crippen molar-refractivity contribution in [3.8, 4) is 0 Å². The van der Waals surface area contributed by atoms with Crippen LogP contribution in [0.4, 0.5) is 0 Å². The summed E-state index contributed by atoms with van der Waals surface area (Å²) in [6.45, 7) is 1.92. The molecule has 0 saturated heterocycles. The molecular weight excluding hydrogens is 322 g/mol. The van der Waals surface area contributed by atoms with Gasteiger partial charge in [-0.15, -0.1) is 5.10 Å². The molecule has 1 amide bonds. The number of rotatable bonds is 5. The van der Waals surface area contributed by atoms with Gasteiger partial charge >= 0.3 is 0 Å². The second-order valence-corrected chi connectivity index (χ2v) is 7.86. The Hall–Kier alpha value is -1.89. The fraction of sp³-hybridized carbons (Fsp3) is 0.529. The number of hydrogen-bond acceptors (Lipinski definition) is 5. The minimum atomic E-state index is -0.220. The van der Waals surface area contributed by atoms with Gasteiger partial charge in [-0.1, -0.05) is 36.0 Å². The summed E-state index contributed by atoms with van der Waals surface area (Å²) in [6.07, 6.45) is 5.46. The fourth-order valence-corrected chi connectivity index (χ4v) is 4.08. The van der Waals surface area contributed by atoms with E-state index in [1.165, 1.54) is 22.9 Å². The largest absolute Gasteiger partial charge is 0.348 e. The first-order valence-corrected chi connectivity index (χ1v) is 9.43. The highest BCUT2D eigenvalue weighted by Gasteiger charge is 2.30. The summed E-state index contributed by atoms with van der Waals surface area (Å²) in [7, 11) is 0. The maximum Gasteiger partial charge on any atom is 0.233 e. The maximum absolute atomic E-state index is 12.6. The SMILES string of the molecule is CC(Sc1nnnn1C1CC1)C(=O)NC1CCCc2ccccc21. The summed E-state index contributed by atoms with van der Waals surface area (Å²) in [6, 6.07) is 8.94. The lowest BCUT2D eigenvalue weighted by atomic mass is 9.88. The van der Waals surface area contributed by atoms with Crippen LogP contribution in [0.3, 0.4) is 0 Å². The predicted octanol–water partition coefficient (Wildman–Crippen LogP) is 2.68. The third-order valence-corrected chi connectivity index (χ3v) is 5.74. The van der Waals surface area contributed by atoms with E-state index < -0.39 is 0 Å². The highest BCUT2D eigenvalue weighted by atomic mass is 32.2. The van der Waals surface area contributed by atoms with E-state index in [1.807, 2.05) is 17.7 Å².